The molecule has 9 heteroatoms. The molecule has 3 aromatic rings. The number of ether oxygens (including phenoxy) is 6. The molecule has 8 nitrogen and oxygen atoms in total. The second-order valence-corrected chi connectivity index (χ2v) is 12.2. The SMILES string of the molecule is C=C1/C(=C\B2OC(C)(C)C(C)(C)O2)Cc2cc(OC)c(OC)c(OC)c2-c2cc3c(cc2[C@@H]1OCc1ccccc1)OCO3. The van der Waals surface area contributed by atoms with Crippen LogP contribution >= 0.6 is 0 Å². The van der Waals surface area contributed by atoms with E-state index in [0.717, 1.165) is 39.0 Å². The van der Waals surface area contributed by atoms with Gasteiger partial charge in [0.2, 0.25) is 12.5 Å². The Kier molecular flexibility index (Phi) is 7.90. The van der Waals surface area contributed by atoms with Crippen LogP contribution in [-0.2, 0) is 27.1 Å². The molecule has 3 aromatic carbocycles. The summed E-state index contributed by atoms with van der Waals surface area (Å²) in [5, 5.41) is 0. The van der Waals surface area contributed by atoms with Gasteiger partial charge in [0, 0.05) is 5.56 Å². The zero-order valence-electron chi connectivity index (χ0n) is 26.4. The van der Waals surface area contributed by atoms with Gasteiger partial charge < -0.3 is 37.7 Å². The standard InChI is InChI=1S/C35H39BO8/c1-21-24(18-36-43-34(2,3)35(4,5)44-36)14-23-15-29(37-6)32(38-7)33(39-8)30(23)25-16-27-28(42-20-41-27)17-26(25)31(21)40-19-22-12-10-9-11-13-22/h9-13,15-18,31H,1,14,19-20H2,2-8H3/b24-18-/t31-/m1/s1. The maximum Gasteiger partial charge on any atom is 0.487 e. The van der Waals surface area contributed by atoms with Crippen molar-refractivity contribution in [3.05, 3.63) is 88.9 Å². The Balaban J connectivity index is 1.58. The first kappa shape index (κ1) is 30.1. The summed E-state index contributed by atoms with van der Waals surface area (Å²) < 4.78 is 48.9. The number of methoxy groups -OCH3 is 3. The second-order valence-electron chi connectivity index (χ2n) is 12.2. The lowest BCUT2D eigenvalue weighted by Crippen LogP contribution is -2.41. The van der Waals surface area contributed by atoms with Crippen LogP contribution in [0.3, 0.4) is 0 Å². The summed E-state index contributed by atoms with van der Waals surface area (Å²) in [6.45, 7) is 13.3. The van der Waals surface area contributed by atoms with Crippen LogP contribution in [0.2, 0.25) is 0 Å². The highest BCUT2D eigenvalue weighted by Crippen LogP contribution is 2.54. The quantitative estimate of drug-likeness (QED) is 0.269. The van der Waals surface area contributed by atoms with Gasteiger partial charge in [0.05, 0.1) is 39.1 Å². The third kappa shape index (κ3) is 5.23. The fourth-order valence-electron chi connectivity index (χ4n) is 5.94. The summed E-state index contributed by atoms with van der Waals surface area (Å²) >= 11 is 0. The van der Waals surface area contributed by atoms with E-state index in [9.17, 15) is 0 Å². The van der Waals surface area contributed by atoms with Crippen molar-refractivity contribution in [2.24, 2.45) is 0 Å². The molecule has 0 saturated carbocycles. The monoisotopic (exact) mass is 598 g/mol. The van der Waals surface area contributed by atoms with Crippen molar-refractivity contribution in [2.45, 2.75) is 58.0 Å². The van der Waals surface area contributed by atoms with E-state index in [1.807, 2.05) is 82.2 Å². The zero-order chi connectivity index (χ0) is 31.2. The fourth-order valence-corrected chi connectivity index (χ4v) is 5.94. The molecule has 0 bridgehead atoms. The summed E-state index contributed by atoms with van der Waals surface area (Å²) in [6, 6.07) is 16.0. The predicted molar refractivity (Wildman–Crippen MR) is 169 cm³/mol. The Morgan fingerprint density at radius 1 is 0.886 bits per heavy atom. The van der Waals surface area contributed by atoms with E-state index in [0.29, 0.717) is 41.8 Å². The average molecular weight is 599 g/mol. The molecule has 6 rings (SSSR count). The molecule has 3 aliphatic rings. The minimum atomic E-state index is -0.581. The molecule has 2 heterocycles. The first-order valence-corrected chi connectivity index (χ1v) is 14.7. The topological polar surface area (TPSA) is 73.8 Å². The number of fused-ring (bicyclic) bond motifs is 4. The van der Waals surface area contributed by atoms with E-state index in [-0.39, 0.29) is 6.79 Å². The van der Waals surface area contributed by atoms with Crippen LogP contribution in [0, 0.1) is 0 Å². The van der Waals surface area contributed by atoms with Crippen LogP contribution < -0.4 is 23.7 Å². The van der Waals surface area contributed by atoms with Gasteiger partial charge in [-0.3, -0.25) is 0 Å². The highest BCUT2D eigenvalue weighted by atomic mass is 16.7. The van der Waals surface area contributed by atoms with Gasteiger partial charge >= 0.3 is 7.12 Å². The molecule has 230 valence electrons. The smallest absolute Gasteiger partial charge is 0.487 e. The van der Waals surface area contributed by atoms with Gasteiger partial charge in [-0.2, -0.15) is 0 Å². The van der Waals surface area contributed by atoms with Gasteiger partial charge in [-0.1, -0.05) is 42.9 Å². The minimum absolute atomic E-state index is 0.137. The van der Waals surface area contributed by atoms with Crippen molar-refractivity contribution >= 4 is 7.12 Å². The van der Waals surface area contributed by atoms with Crippen LogP contribution in [0.25, 0.3) is 11.1 Å². The number of rotatable bonds is 7. The molecule has 0 amide bonds. The maximum absolute atomic E-state index is 6.75. The largest absolute Gasteiger partial charge is 0.493 e. The van der Waals surface area contributed by atoms with Crippen molar-refractivity contribution < 1.29 is 37.7 Å². The van der Waals surface area contributed by atoms with Crippen molar-refractivity contribution in [3.63, 3.8) is 0 Å². The summed E-state index contributed by atoms with van der Waals surface area (Å²) in [6.07, 6.45) is -0.0621. The van der Waals surface area contributed by atoms with E-state index >= 15 is 0 Å². The molecule has 0 unspecified atom stereocenters. The Labute approximate surface area is 259 Å². The third-order valence-corrected chi connectivity index (χ3v) is 8.99. The molecular weight excluding hydrogens is 559 g/mol. The summed E-state index contributed by atoms with van der Waals surface area (Å²) in [5.74, 6) is 4.91. The van der Waals surface area contributed by atoms with Gasteiger partial charge in [-0.15, -0.1) is 0 Å². The lowest BCUT2D eigenvalue weighted by atomic mass is 9.77. The van der Waals surface area contributed by atoms with E-state index in [1.54, 1.807) is 21.3 Å². The van der Waals surface area contributed by atoms with Crippen LogP contribution in [0.15, 0.2) is 72.2 Å². The number of benzene rings is 3. The zero-order valence-corrected chi connectivity index (χ0v) is 26.4. The average Bonchev–Trinajstić information content (AvgIpc) is 3.54. The number of hydrogen-bond donors (Lipinski definition) is 0. The molecule has 44 heavy (non-hydrogen) atoms. The lowest BCUT2D eigenvalue weighted by molar-refractivity contribution is 0.00578. The molecule has 1 fully saturated rings. The fraction of sp³-hybridized carbons (Fsp3) is 0.371. The first-order chi connectivity index (χ1) is 21.1. The Hall–Kier alpha value is -3.92. The van der Waals surface area contributed by atoms with E-state index in [1.165, 1.54) is 0 Å². The van der Waals surface area contributed by atoms with E-state index in [4.69, 9.17) is 37.7 Å². The first-order valence-electron chi connectivity index (χ1n) is 14.7. The van der Waals surface area contributed by atoms with Crippen LogP contribution in [0.4, 0.5) is 0 Å². The molecule has 1 atom stereocenters. The summed E-state index contributed by atoms with van der Waals surface area (Å²) in [7, 11) is 4.27. The molecule has 1 aliphatic carbocycles. The van der Waals surface area contributed by atoms with Crippen molar-refractivity contribution in [1.29, 1.82) is 0 Å². The molecule has 0 N–H and O–H groups in total. The van der Waals surface area contributed by atoms with Gasteiger partial charge in [-0.05, 0) is 85.7 Å². The van der Waals surface area contributed by atoms with Gasteiger partial charge in [0.15, 0.2) is 23.0 Å². The molecule has 0 aromatic heterocycles. The molecular formula is C35H39BO8. The van der Waals surface area contributed by atoms with Crippen molar-refractivity contribution in [1.82, 2.24) is 0 Å². The highest BCUT2D eigenvalue weighted by Gasteiger charge is 2.50. The molecule has 0 radical (unpaired) electrons. The Morgan fingerprint density at radius 3 is 2.18 bits per heavy atom. The van der Waals surface area contributed by atoms with Crippen LogP contribution in [0.1, 0.15) is 50.5 Å². The van der Waals surface area contributed by atoms with Crippen LogP contribution in [-0.4, -0.2) is 46.4 Å². The Bertz CT molecular complexity index is 1590. The maximum atomic E-state index is 6.75. The van der Waals surface area contributed by atoms with Crippen molar-refractivity contribution in [2.75, 3.05) is 28.1 Å². The van der Waals surface area contributed by atoms with Crippen molar-refractivity contribution in [3.8, 4) is 39.9 Å². The normalized spacial score (nSPS) is 20.5. The van der Waals surface area contributed by atoms with Crippen LogP contribution in [0.5, 0.6) is 28.7 Å². The number of hydrogen-bond acceptors (Lipinski definition) is 8. The Morgan fingerprint density at radius 2 is 1.55 bits per heavy atom. The summed E-state index contributed by atoms with van der Waals surface area (Å²) in [4.78, 5) is 0. The van der Waals surface area contributed by atoms with E-state index in [2.05, 4.69) is 6.58 Å². The van der Waals surface area contributed by atoms with E-state index < -0.39 is 24.4 Å². The van der Waals surface area contributed by atoms with Gasteiger partial charge in [0.1, 0.15) is 6.10 Å². The predicted octanol–water partition coefficient (Wildman–Crippen LogP) is 7.04. The second kappa shape index (κ2) is 11.5. The van der Waals surface area contributed by atoms with Gasteiger partial charge in [-0.25, -0.2) is 0 Å². The molecule has 1 saturated heterocycles. The molecule has 2 aliphatic heterocycles. The summed E-state index contributed by atoms with van der Waals surface area (Å²) in [5.41, 5.74) is 5.29. The minimum Gasteiger partial charge on any atom is -0.493 e. The highest BCUT2D eigenvalue weighted by molar-refractivity contribution is 6.52. The molecule has 0 spiro atoms. The third-order valence-electron chi connectivity index (χ3n) is 8.99. The lowest BCUT2D eigenvalue weighted by Gasteiger charge is -2.32. The van der Waals surface area contributed by atoms with Gasteiger partial charge in [0.25, 0.3) is 0 Å².